The summed E-state index contributed by atoms with van der Waals surface area (Å²) >= 11 is 0. The van der Waals surface area contributed by atoms with Crippen molar-refractivity contribution in [3.63, 3.8) is 0 Å². The quantitative estimate of drug-likeness (QED) is 0.638. The number of hydrogen-bond donors (Lipinski definition) is 1. The minimum atomic E-state index is 0.307. The lowest BCUT2D eigenvalue weighted by Gasteiger charge is -1.95. The number of aromatic hydroxyl groups is 1. The largest absolute Gasteiger partial charge is 0.508 e. The Labute approximate surface area is 70.2 Å². The lowest BCUT2D eigenvalue weighted by molar-refractivity contribution is 0.472. The second-order valence-electron chi connectivity index (χ2n) is 3.00. The van der Waals surface area contributed by atoms with Gasteiger partial charge in [0.1, 0.15) is 5.75 Å². The highest BCUT2D eigenvalue weighted by Crippen LogP contribution is 2.22. The van der Waals surface area contributed by atoms with Crippen LogP contribution in [0.25, 0.3) is 10.9 Å². The Kier molecular flexibility index (Phi) is 1.33. The third-order valence-corrected chi connectivity index (χ3v) is 1.94. The summed E-state index contributed by atoms with van der Waals surface area (Å²) in [7, 11) is 1.87. The van der Waals surface area contributed by atoms with Crippen LogP contribution in [0.4, 0.5) is 0 Å². The molecule has 0 aliphatic heterocycles. The molecule has 0 amide bonds. The molecule has 3 heteroatoms. The average molecular weight is 162 g/mol. The minimum Gasteiger partial charge on any atom is -0.508 e. The molecule has 1 N–H and O–H groups in total. The van der Waals surface area contributed by atoms with Crippen molar-refractivity contribution in [2.75, 3.05) is 0 Å². The summed E-state index contributed by atoms with van der Waals surface area (Å²) in [4.78, 5) is 0. The van der Waals surface area contributed by atoms with Gasteiger partial charge in [0.15, 0.2) is 0 Å². The van der Waals surface area contributed by atoms with Crippen molar-refractivity contribution in [3.05, 3.63) is 23.9 Å². The summed E-state index contributed by atoms with van der Waals surface area (Å²) in [5.74, 6) is 0.307. The van der Waals surface area contributed by atoms with E-state index in [4.69, 9.17) is 0 Å². The molecule has 0 unspecified atom stereocenters. The molecule has 1 aromatic heterocycles. The Morgan fingerprint density at radius 3 is 2.92 bits per heavy atom. The van der Waals surface area contributed by atoms with Crippen LogP contribution in [0.5, 0.6) is 5.75 Å². The van der Waals surface area contributed by atoms with Crippen molar-refractivity contribution in [1.82, 2.24) is 9.78 Å². The summed E-state index contributed by atoms with van der Waals surface area (Å²) in [6.07, 6.45) is 1.93. The smallest absolute Gasteiger partial charge is 0.120 e. The van der Waals surface area contributed by atoms with E-state index in [1.54, 1.807) is 10.7 Å². The molecule has 2 aromatic rings. The molecule has 3 nitrogen and oxygen atoms in total. The number of nitrogens with zero attached hydrogens (tertiary/aromatic N) is 2. The molecule has 0 atom stereocenters. The standard InChI is InChI=1S/C9H10N2O/c1-6-3-7-5-11(2)10-8(7)4-9(6)12/h3-5,12H,1-2H3. The van der Waals surface area contributed by atoms with Gasteiger partial charge in [-0.05, 0) is 18.6 Å². The third-order valence-electron chi connectivity index (χ3n) is 1.94. The van der Waals surface area contributed by atoms with Crippen molar-refractivity contribution in [3.8, 4) is 5.75 Å². The van der Waals surface area contributed by atoms with E-state index in [0.29, 0.717) is 5.75 Å². The van der Waals surface area contributed by atoms with Crippen molar-refractivity contribution in [2.45, 2.75) is 6.92 Å². The Balaban J connectivity index is 2.83. The monoisotopic (exact) mass is 162 g/mol. The third kappa shape index (κ3) is 0.942. The van der Waals surface area contributed by atoms with Gasteiger partial charge in [0.05, 0.1) is 5.52 Å². The van der Waals surface area contributed by atoms with Gasteiger partial charge in [-0.25, -0.2) is 0 Å². The summed E-state index contributed by atoms with van der Waals surface area (Å²) in [5.41, 5.74) is 1.72. The first kappa shape index (κ1) is 7.16. The van der Waals surface area contributed by atoms with E-state index in [0.717, 1.165) is 16.5 Å². The Hall–Kier alpha value is -1.51. The molecule has 0 fully saturated rings. The van der Waals surface area contributed by atoms with E-state index in [1.807, 2.05) is 26.2 Å². The summed E-state index contributed by atoms with van der Waals surface area (Å²) in [6, 6.07) is 3.61. The molecular weight excluding hydrogens is 152 g/mol. The van der Waals surface area contributed by atoms with Crippen LogP contribution in [0.1, 0.15) is 5.56 Å². The maximum atomic E-state index is 9.38. The summed E-state index contributed by atoms with van der Waals surface area (Å²) < 4.78 is 1.74. The number of hydrogen-bond acceptors (Lipinski definition) is 2. The fourth-order valence-electron chi connectivity index (χ4n) is 1.30. The lowest BCUT2D eigenvalue weighted by Crippen LogP contribution is -1.84. The number of aryl methyl sites for hydroxylation is 2. The van der Waals surface area contributed by atoms with Crippen LogP contribution < -0.4 is 0 Å². The van der Waals surface area contributed by atoms with Crippen LogP contribution in [0.15, 0.2) is 18.3 Å². The van der Waals surface area contributed by atoms with Crippen LogP contribution in [0.2, 0.25) is 0 Å². The first-order valence-electron chi connectivity index (χ1n) is 3.80. The molecule has 0 bridgehead atoms. The molecular formula is C9H10N2O. The van der Waals surface area contributed by atoms with E-state index in [-0.39, 0.29) is 0 Å². The first-order chi connectivity index (χ1) is 5.66. The number of benzene rings is 1. The highest BCUT2D eigenvalue weighted by Gasteiger charge is 2.01. The van der Waals surface area contributed by atoms with Crippen LogP contribution in [0, 0.1) is 6.92 Å². The van der Waals surface area contributed by atoms with E-state index in [2.05, 4.69) is 5.10 Å². The molecule has 0 aliphatic carbocycles. The Morgan fingerprint density at radius 1 is 1.42 bits per heavy atom. The maximum Gasteiger partial charge on any atom is 0.120 e. The van der Waals surface area contributed by atoms with Crippen LogP contribution in [-0.2, 0) is 7.05 Å². The number of phenols is 1. The topological polar surface area (TPSA) is 38.0 Å². The van der Waals surface area contributed by atoms with Crippen molar-refractivity contribution >= 4 is 10.9 Å². The zero-order valence-corrected chi connectivity index (χ0v) is 7.07. The van der Waals surface area contributed by atoms with Crippen molar-refractivity contribution in [2.24, 2.45) is 7.05 Å². The van der Waals surface area contributed by atoms with Gasteiger partial charge >= 0.3 is 0 Å². The van der Waals surface area contributed by atoms with Gasteiger partial charge < -0.3 is 5.11 Å². The second kappa shape index (κ2) is 2.24. The van der Waals surface area contributed by atoms with Gasteiger partial charge in [-0.15, -0.1) is 0 Å². The Bertz CT molecular complexity index is 392. The van der Waals surface area contributed by atoms with Gasteiger partial charge in [0.2, 0.25) is 0 Å². The molecule has 12 heavy (non-hydrogen) atoms. The summed E-state index contributed by atoms with van der Waals surface area (Å²) in [6.45, 7) is 1.88. The lowest BCUT2D eigenvalue weighted by atomic mass is 10.2. The van der Waals surface area contributed by atoms with E-state index in [1.165, 1.54) is 0 Å². The normalized spacial score (nSPS) is 10.8. The van der Waals surface area contributed by atoms with Crippen molar-refractivity contribution in [1.29, 1.82) is 0 Å². The van der Waals surface area contributed by atoms with Crippen molar-refractivity contribution < 1.29 is 5.11 Å². The molecule has 0 radical (unpaired) electrons. The molecule has 62 valence electrons. The predicted molar refractivity (Wildman–Crippen MR) is 47.1 cm³/mol. The fraction of sp³-hybridized carbons (Fsp3) is 0.222. The van der Waals surface area contributed by atoms with E-state index < -0.39 is 0 Å². The fourth-order valence-corrected chi connectivity index (χ4v) is 1.30. The number of phenolic OH excluding ortho intramolecular Hbond substituents is 1. The van der Waals surface area contributed by atoms with Gasteiger partial charge in [0, 0.05) is 24.7 Å². The van der Waals surface area contributed by atoms with E-state index >= 15 is 0 Å². The summed E-state index contributed by atoms with van der Waals surface area (Å²) in [5, 5.41) is 14.6. The molecule has 0 spiro atoms. The van der Waals surface area contributed by atoms with Gasteiger partial charge in [-0.1, -0.05) is 0 Å². The van der Waals surface area contributed by atoms with Crippen LogP contribution in [0.3, 0.4) is 0 Å². The van der Waals surface area contributed by atoms with Gasteiger partial charge in [-0.3, -0.25) is 4.68 Å². The molecule has 2 rings (SSSR count). The SMILES string of the molecule is Cc1cc2cn(C)nc2cc1O. The molecule has 1 heterocycles. The number of aromatic nitrogens is 2. The van der Waals surface area contributed by atoms with Crippen LogP contribution in [-0.4, -0.2) is 14.9 Å². The maximum absolute atomic E-state index is 9.38. The van der Waals surface area contributed by atoms with E-state index in [9.17, 15) is 5.11 Å². The number of rotatable bonds is 0. The van der Waals surface area contributed by atoms with Gasteiger partial charge in [-0.2, -0.15) is 5.10 Å². The second-order valence-corrected chi connectivity index (χ2v) is 3.00. The molecule has 0 saturated carbocycles. The Morgan fingerprint density at radius 2 is 2.17 bits per heavy atom. The average Bonchev–Trinajstić information content (AvgIpc) is 2.30. The number of fused-ring (bicyclic) bond motifs is 1. The molecule has 0 aliphatic rings. The highest BCUT2D eigenvalue weighted by atomic mass is 16.3. The predicted octanol–water partition coefficient (Wildman–Crippen LogP) is 1.59. The molecule has 1 aromatic carbocycles. The first-order valence-corrected chi connectivity index (χ1v) is 3.80. The molecule has 0 saturated heterocycles. The highest BCUT2D eigenvalue weighted by molar-refractivity contribution is 5.80. The zero-order chi connectivity index (χ0) is 8.72. The van der Waals surface area contributed by atoms with Crippen LogP contribution >= 0.6 is 0 Å². The minimum absolute atomic E-state index is 0.307. The van der Waals surface area contributed by atoms with Gasteiger partial charge in [0.25, 0.3) is 0 Å². The zero-order valence-electron chi connectivity index (χ0n) is 7.07.